The highest BCUT2D eigenvalue weighted by atomic mass is 16.6. The molecule has 0 spiro atoms. The van der Waals surface area contributed by atoms with E-state index in [1.54, 1.807) is 4.90 Å². The summed E-state index contributed by atoms with van der Waals surface area (Å²) in [5.74, 6) is -1.03. The topological polar surface area (TPSA) is 76.1 Å². The number of fused-ring (bicyclic) bond motifs is 1. The third-order valence-electron chi connectivity index (χ3n) is 6.20. The van der Waals surface area contributed by atoms with Crippen LogP contribution in [0, 0.1) is 26.2 Å². The van der Waals surface area contributed by atoms with Crippen molar-refractivity contribution in [2.24, 2.45) is 5.41 Å². The fourth-order valence-corrected chi connectivity index (χ4v) is 4.53. The Kier molecular flexibility index (Phi) is 7.37. The number of amides is 1. The van der Waals surface area contributed by atoms with Gasteiger partial charge in [0, 0.05) is 18.7 Å². The van der Waals surface area contributed by atoms with Crippen LogP contribution in [0.5, 0.6) is 0 Å². The molecule has 190 valence electrons. The second-order valence-corrected chi connectivity index (χ2v) is 11.8. The van der Waals surface area contributed by atoms with E-state index in [0.717, 1.165) is 38.9 Å². The van der Waals surface area contributed by atoms with Crippen LogP contribution in [0.15, 0.2) is 24.3 Å². The van der Waals surface area contributed by atoms with E-state index in [1.165, 1.54) is 0 Å². The first-order chi connectivity index (χ1) is 16.1. The molecule has 35 heavy (non-hydrogen) atoms. The number of carboxylic acids is 1. The first kappa shape index (κ1) is 26.7. The number of ether oxygens (including phenoxy) is 2. The summed E-state index contributed by atoms with van der Waals surface area (Å²) in [6.45, 7) is 18.8. The van der Waals surface area contributed by atoms with Crippen molar-refractivity contribution in [3.05, 3.63) is 57.6 Å². The molecule has 6 nitrogen and oxygen atoms in total. The second-order valence-electron chi connectivity index (χ2n) is 11.8. The number of aliphatic carboxylic acids is 1. The monoisotopic (exact) mass is 481 g/mol. The molecule has 1 atom stereocenters. The molecule has 1 aliphatic heterocycles. The van der Waals surface area contributed by atoms with Crippen LogP contribution in [-0.4, -0.2) is 34.3 Å². The van der Waals surface area contributed by atoms with E-state index < -0.39 is 17.7 Å². The van der Waals surface area contributed by atoms with Crippen molar-refractivity contribution in [2.45, 2.75) is 87.1 Å². The van der Waals surface area contributed by atoms with Crippen LogP contribution < -0.4 is 0 Å². The number of rotatable bonds is 5. The van der Waals surface area contributed by atoms with Gasteiger partial charge in [-0.1, -0.05) is 50.6 Å². The lowest BCUT2D eigenvalue weighted by molar-refractivity contribution is -0.160. The summed E-state index contributed by atoms with van der Waals surface area (Å²) in [6.07, 6.45) is -1.49. The number of hydrogen-bond acceptors (Lipinski definition) is 4. The summed E-state index contributed by atoms with van der Waals surface area (Å²) in [4.78, 5) is 27.1. The number of aryl methyl sites for hydroxylation is 1. The molecule has 1 amide bonds. The summed E-state index contributed by atoms with van der Waals surface area (Å²) in [5, 5.41) is 10.2. The molecule has 0 radical (unpaired) electrons. The summed E-state index contributed by atoms with van der Waals surface area (Å²) in [5.41, 5.74) is 6.64. The van der Waals surface area contributed by atoms with Gasteiger partial charge in [0.25, 0.3) is 0 Å². The van der Waals surface area contributed by atoms with Crippen LogP contribution in [0.3, 0.4) is 0 Å². The van der Waals surface area contributed by atoms with E-state index >= 15 is 0 Å². The minimum atomic E-state index is -1.14. The van der Waals surface area contributed by atoms with Crippen molar-refractivity contribution in [3.63, 3.8) is 0 Å². The molecule has 0 fully saturated rings. The van der Waals surface area contributed by atoms with E-state index in [0.29, 0.717) is 25.3 Å². The first-order valence-electron chi connectivity index (χ1n) is 12.1. The lowest BCUT2D eigenvalue weighted by Crippen LogP contribution is -2.29. The zero-order valence-electron chi connectivity index (χ0n) is 22.5. The quantitative estimate of drug-likeness (QED) is 0.513. The molecule has 3 rings (SSSR count). The molecule has 0 unspecified atom stereocenters. The third-order valence-corrected chi connectivity index (χ3v) is 6.20. The fraction of sp³-hybridized carbons (Fsp3) is 0.517. The van der Waals surface area contributed by atoms with Gasteiger partial charge >= 0.3 is 12.1 Å². The highest BCUT2D eigenvalue weighted by Gasteiger charge is 2.36. The molecule has 0 saturated heterocycles. The number of hydrogen-bond donors (Lipinski definition) is 1. The van der Waals surface area contributed by atoms with Gasteiger partial charge in [0.2, 0.25) is 0 Å². The zero-order valence-corrected chi connectivity index (χ0v) is 22.5. The number of benzene rings is 2. The molecule has 1 aliphatic rings. The van der Waals surface area contributed by atoms with E-state index in [4.69, 9.17) is 9.47 Å². The van der Waals surface area contributed by atoms with E-state index in [2.05, 4.69) is 0 Å². The molecule has 0 aliphatic carbocycles. The van der Waals surface area contributed by atoms with Crippen molar-refractivity contribution in [1.29, 1.82) is 0 Å². The highest BCUT2D eigenvalue weighted by Crippen LogP contribution is 2.43. The van der Waals surface area contributed by atoms with Gasteiger partial charge in [-0.15, -0.1) is 0 Å². The SMILES string of the molecule is Cc1ccc(-c2c(C)c3c(c(C)c2[C@H](OC(C)(C)C)C(=O)O)CN(C(=O)OCC(C)(C)C)C3)cc1. The number of nitrogens with zero attached hydrogens (tertiary/aromatic N) is 1. The Balaban J connectivity index is 2.16. The Bertz CT molecular complexity index is 1120. The maximum atomic E-state index is 12.9. The molecule has 6 heteroatoms. The summed E-state index contributed by atoms with van der Waals surface area (Å²) in [6, 6.07) is 8.09. The summed E-state index contributed by atoms with van der Waals surface area (Å²) >= 11 is 0. The minimum absolute atomic E-state index is 0.126. The lowest BCUT2D eigenvalue weighted by Gasteiger charge is -2.29. The average molecular weight is 482 g/mol. The average Bonchev–Trinajstić information content (AvgIpc) is 3.19. The number of carboxylic acid groups (broad SMARTS) is 1. The van der Waals surface area contributed by atoms with Gasteiger partial charge in [0.1, 0.15) is 0 Å². The predicted molar refractivity (Wildman–Crippen MR) is 137 cm³/mol. The van der Waals surface area contributed by atoms with Crippen LogP contribution in [0.2, 0.25) is 0 Å². The normalized spacial score (nSPS) is 14.6. The molecule has 1 N–H and O–H groups in total. The van der Waals surface area contributed by atoms with Gasteiger partial charge in [-0.05, 0) is 80.3 Å². The molecule has 2 aromatic rings. The smallest absolute Gasteiger partial charge is 0.410 e. The van der Waals surface area contributed by atoms with E-state index in [9.17, 15) is 14.7 Å². The Morgan fingerprint density at radius 1 is 0.943 bits per heavy atom. The van der Waals surface area contributed by atoms with Gasteiger partial charge in [-0.3, -0.25) is 4.90 Å². The maximum absolute atomic E-state index is 12.9. The van der Waals surface area contributed by atoms with Crippen LogP contribution in [0.4, 0.5) is 4.79 Å². The molecule has 0 aromatic heterocycles. The Morgan fingerprint density at radius 3 is 1.97 bits per heavy atom. The van der Waals surface area contributed by atoms with E-state index in [-0.39, 0.29) is 11.5 Å². The van der Waals surface area contributed by atoms with Gasteiger partial charge in [-0.2, -0.15) is 0 Å². The first-order valence-corrected chi connectivity index (χ1v) is 12.1. The largest absolute Gasteiger partial charge is 0.479 e. The van der Waals surface area contributed by atoms with Gasteiger partial charge < -0.3 is 14.6 Å². The number of carbonyl (C=O) groups excluding carboxylic acids is 1. The Labute approximate surface area is 209 Å². The predicted octanol–water partition coefficient (Wildman–Crippen LogP) is 6.72. The molecule has 1 heterocycles. The lowest BCUT2D eigenvalue weighted by atomic mass is 9.83. The second kappa shape index (κ2) is 9.65. The highest BCUT2D eigenvalue weighted by molar-refractivity contribution is 5.84. The fourth-order valence-electron chi connectivity index (χ4n) is 4.53. The maximum Gasteiger partial charge on any atom is 0.410 e. The van der Waals surface area contributed by atoms with Crippen molar-refractivity contribution < 1.29 is 24.2 Å². The van der Waals surface area contributed by atoms with Crippen molar-refractivity contribution >= 4 is 12.1 Å². The van der Waals surface area contributed by atoms with Crippen LogP contribution >= 0.6 is 0 Å². The molecular weight excluding hydrogens is 442 g/mol. The third kappa shape index (κ3) is 6.04. The Morgan fingerprint density at radius 2 is 1.49 bits per heavy atom. The molecule has 0 bridgehead atoms. The molecule has 0 saturated carbocycles. The van der Waals surface area contributed by atoms with Crippen LogP contribution in [-0.2, 0) is 27.4 Å². The minimum Gasteiger partial charge on any atom is -0.479 e. The van der Waals surface area contributed by atoms with Crippen molar-refractivity contribution in [1.82, 2.24) is 4.90 Å². The molecular formula is C29H39NO5. The van der Waals surface area contributed by atoms with Gasteiger partial charge in [0.05, 0.1) is 12.2 Å². The van der Waals surface area contributed by atoms with Gasteiger partial charge in [-0.25, -0.2) is 9.59 Å². The van der Waals surface area contributed by atoms with Crippen molar-refractivity contribution in [3.8, 4) is 11.1 Å². The van der Waals surface area contributed by atoms with E-state index in [1.807, 2.05) is 86.6 Å². The standard InChI is InChI=1S/C29H39NO5/c1-17-10-12-20(13-11-17)23-18(2)21-14-30(27(33)34-16-28(4,5)6)15-22(21)19(3)24(23)25(26(31)32)35-29(7,8)9/h10-13,25H,14-16H2,1-9H3,(H,31,32)/t25-/m0/s1. The van der Waals surface area contributed by atoms with Crippen LogP contribution in [0.25, 0.3) is 11.1 Å². The Hall–Kier alpha value is -2.86. The number of carbonyl (C=O) groups is 2. The summed E-state index contributed by atoms with van der Waals surface area (Å²) in [7, 11) is 0. The zero-order chi connectivity index (χ0) is 26.3. The van der Waals surface area contributed by atoms with Crippen molar-refractivity contribution in [2.75, 3.05) is 6.61 Å². The van der Waals surface area contributed by atoms with Crippen LogP contribution in [0.1, 0.15) is 81.0 Å². The van der Waals surface area contributed by atoms with Gasteiger partial charge in [0.15, 0.2) is 6.10 Å². The molecule has 2 aromatic carbocycles. The summed E-state index contributed by atoms with van der Waals surface area (Å²) < 4.78 is 11.7.